The molecule has 4 aromatic rings. The van der Waals surface area contributed by atoms with Crippen LogP contribution in [0.3, 0.4) is 0 Å². The summed E-state index contributed by atoms with van der Waals surface area (Å²) in [5.74, 6) is 2.25. The van der Waals surface area contributed by atoms with E-state index in [-0.39, 0.29) is 11.0 Å². The highest BCUT2D eigenvalue weighted by molar-refractivity contribution is 6.38. The molecule has 4 saturated carbocycles. The third-order valence-electron chi connectivity index (χ3n) is 9.41. The number of aryl methyl sites for hydroxylation is 1. The molecule has 4 aliphatic carbocycles. The molecule has 0 amide bonds. The maximum absolute atomic E-state index is 6.79. The third-order valence-corrected chi connectivity index (χ3v) is 9.99. The molecule has 0 spiro atoms. The number of hydrogen-bond donors (Lipinski definition) is 0. The molecule has 6 nitrogen and oxygen atoms in total. The lowest BCUT2D eigenvalue weighted by molar-refractivity contribution is -0.150. The van der Waals surface area contributed by atoms with Crippen LogP contribution in [0, 0.1) is 5.41 Å². The molecule has 8 heteroatoms. The number of halogens is 2. The maximum atomic E-state index is 6.79. The van der Waals surface area contributed by atoms with Crippen LogP contribution in [0.5, 0.6) is 5.75 Å². The van der Waals surface area contributed by atoms with Gasteiger partial charge in [0.2, 0.25) is 0 Å². The summed E-state index contributed by atoms with van der Waals surface area (Å²) in [5.41, 5.74) is 3.55. The van der Waals surface area contributed by atoms with Gasteiger partial charge in [-0.25, -0.2) is 0 Å². The Morgan fingerprint density at radius 3 is 2.45 bits per heavy atom. The van der Waals surface area contributed by atoms with Gasteiger partial charge in [0.25, 0.3) is 0 Å². The average molecular weight is 579 g/mol. The first-order chi connectivity index (χ1) is 19.5. The highest BCUT2D eigenvalue weighted by Gasteiger charge is 2.50. The lowest BCUT2D eigenvalue weighted by Gasteiger charge is -2.52. The summed E-state index contributed by atoms with van der Waals surface area (Å²) in [7, 11) is 0. The van der Waals surface area contributed by atoms with Crippen molar-refractivity contribution in [2.75, 3.05) is 6.61 Å². The Balaban J connectivity index is 1.04. The van der Waals surface area contributed by atoms with E-state index in [2.05, 4.69) is 46.3 Å². The second-order valence-electron chi connectivity index (χ2n) is 11.9. The lowest BCUT2D eigenvalue weighted by Crippen LogP contribution is -2.49. The minimum absolute atomic E-state index is 0.117. The van der Waals surface area contributed by atoms with E-state index in [0.717, 1.165) is 87.2 Å². The average Bonchev–Trinajstić information content (AvgIpc) is 3.75. The van der Waals surface area contributed by atoms with Crippen LogP contribution in [0.2, 0.25) is 10.0 Å². The summed E-state index contributed by atoms with van der Waals surface area (Å²) in [5, 5.41) is 7.75. The van der Waals surface area contributed by atoms with Gasteiger partial charge in [-0.15, -0.1) is 0 Å². The molecule has 0 aliphatic heterocycles. The van der Waals surface area contributed by atoms with Crippen LogP contribution in [0.25, 0.3) is 22.0 Å². The van der Waals surface area contributed by atoms with Crippen molar-refractivity contribution in [2.24, 2.45) is 5.41 Å². The van der Waals surface area contributed by atoms with Crippen LogP contribution >= 0.6 is 23.2 Å². The molecule has 0 saturated heterocycles. The van der Waals surface area contributed by atoms with Gasteiger partial charge >= 0.3 is 0 Å². The standard InChI is InChI=1S/C32H33Cl2N3O3/c1-2-27-23-15-22(6-5-20(23)7-14-36-27)38-19-31-8-11-32(12-9-31,13-10-31)39-18-24-29(37-40-30(24)21-3-4-21)28-25(33)16-35-17-26(28)34/h5-7,14-17,21H,2-4,8-13,18-19H2,1H3. The van der Waals surface area contributed by atoms with Crippen molar-refractivity contribution in [2.45, 2.75) is 82.8 Å². The quantitative estimate of drug-likeness (QED) is 0.198. The zero-order valence-electron chi connectivity index (χ0n) is 22.7. The SMILES string of the molecule is CCc1nccc2ccc(OCC34CCC(OCc5c(-c6c(Cl)cncc6Cl)noc5C5CC5)(CC3)CC4)cc12. The van der Waals surface area contributed by atoms with Crippen molar-refractivity contribution in [1.82, 2.24) is 15.1 Å². The van der Waals surface area contributed by atoms with E-state index >= 15 is 0 Å². The first-order valence-electron chi connectivity index (χ1n) is 14.4. The second kappa shape index (κ2) is 10.3. The number of benzene rings is 1. The smallest absolute Gasteiger partial charge is 0.145 e. The van der Waals surface area contributed by atoms with Crippen LogP contribution in [-0.2, 0) is 17.8 Å². The fraction of sp³-hybridized carbons (Fsp3) is 0.469. The Kier molecular flexibility index (Phi) is 6.76. The Morgan fingerprint density at radius 2 is 1.75 bits per heavy atom. The minimum atomic E-state index is -0.117. The van der Waals surface area contributed by atoms with Crippen molar-refractivity contribution in [3.05, 3.63) is 69.9 Å². The van der Waals surface area contributed by atoms with Gasteiger partial charge in [0.05, 0.1) is 28.9 Å². The van der Waals surface area contributed by atoms with E-state index in [1.807, 2.05) is 6.20 Å². The van der Waals surface area contributed by atoms with Gasteiger partial charge < -0.3 is 14.0 Å². The van der Waals surface area contributed by atoms with Gasteiger partial charge in [-0.3, -0.25) is 9.97 Å². The molecule has 3 heterocycles. The molecule has 1 aromatic carbocycles. The van der Waals surface area contributed by atoms with E-state index < -0.39 is 0 Å². The van der Waals surface area contributed by atoms with Crippen LogP contribution in [0.15, 0.2) is 47.4 Å². The molecule has 8 rings (SSSR count). The predicted octanol–water partition coefficient (Wildman–Crippen LogP) is 8.72. The van der Waals surface area contributed by atoms with Crippen LogP contribution < -0.4 is 4.74 Å². The van der Waals surface area contributed by atoms with E-state index in [1.54, 1.807) is 12.4 Å². The van der Waals surface area contributed by atoms with Crippen LogP contribution in [-0.4, -0.2) is 27.3 Å². The molecule has 0 N–H and O–H groups in total. The van der Waals surface area contributed by atoms with Crippen molar-refractivity contribution in [3.63, 3.8) is 0 Å². The molecule has 4 aliphatic rings. The zero-order valence-corrected chi connectivity index (χ0v) is 24.2. The molecule has 0 radical (unpaired) electrons. The lowest BCUT2D eigenvalue weighted by atomic mass is 9.59. The molecule has 2 bridgehead atoms. The monoisotopic (exact) mass is 577 g/mol. The Labute approximate surface area is 244 Å². The number of ether oxygens (including phenoxy) is 2. The Morgan fingerprint density at radius 1 is 1.00 bits per heavy atom. The molecule has 3 aromatic heterocycles. The third kappa shape index (κ3) is 4.78. The largest absolute Gasteiger partial charge is 0.493 e. The van der Waals surface area contributed by atoms with E-state index in [4.69, 9.17) is 37.2 Å². The number of hydrogen-bond acceptors (Lipinski definition) is 6. The summed E-state index contributed by atoms with van der Waals surface area (Å²) in [6.45, 7) is 3.34. The Hall–Kier alpha value is -2.67. The van der Waals surface area contributed by atoms with Crippen molar-refractivity contribution in [3.8, 4) is 17.0 Å². The summed E-state index contributed by atoms with van der Waals surface area (Å²) in [6, 6.07) is 8.46. The van der Waals surface area contributed by atoms with Gasteiger partial charge in [-0.05, 0) is 81.4 Å². The van der Waals surface area contributed by atoms with Gasteiger partial charge in [0.1, 0.15) is 17.2 Å². The van der Waals surface area contributed by atoms with Crippen LogP contribution in [0.1, 0.15) is 81.2 Å². The number of nitrogens with zero attached hydrogens (tertiary/aromatic N) is 3. The summed E-state index contributed by atoms with van der Waals surface area (Å²) in [6.07, 6.45) is 14.6. The molecular formula is C32H33Cl2N3O3. The summed E-state index contributed by atoms with van der Waals surface area (Å²) >= 11 is 13.0. The summed E-state index contributed by atoms with van der Waals surface area (Å²) in [4.78, 5) is 8.65. The van der Waals surface area contributed by atoms with E-state index in [9.17, 15) is 0 Å². The second-order valence-corrected chi connectivity index (χ2v) is 12.7. The highest BCUT2D eigenvalue weighted by atomic mass is 35.5. The number of rotatable bonds is 9. The molecule has 40 heavy (non-hydrogen) atoms. The van der Waals surface area contributed by atoms with Gasteiger partial charge in [0.15, 0.2) is 0 Å². The normalized spacial score (nSPS) is 24.1. The van der Waals surface area contributed by atoms with Gasteiger partial charge in [0, 0.05) is 52.1 Å². The summed E-state index contributed by atoms with van der Waals surface area (Å²) < 4.78 is 19.1. The molecule has 0 atom stereocenters. The van der Waals surface area contributed by atoms with E-state index in [0.29, 0.717) is 33.8 Å². The maximum Gasteiger partial charge on any atom is 0.145 e. The molecule has 4 fully saturated rings. The molecule has 0 unspecified atom stereocenters. The van der Waals surface area contributed by atoms with Crippen LogP contribution in [0.4, 0.5) is 0 Å². The predicted molar refractivity (Wildman–Crippen MR) is 156 cm³/mol. The van der Waals surface area contributed by atoms with Gasteiger partial charge in [-0.1, -0.05) is 41.3 Å². The van der Waals surface area contributed by atoms with Crippen molar-refractivity contribution < 1.29 is 14.0 Å². The topological polar surface area (TPSA) is 70.3 Å². The first kappa shape index (κ1) is 26.2. The zero-order chi connectivity index (χ0) is 27.3. The number of pyridine rings is 2. The van der Waals surface area contributed by atoms with Gasteiger partial charge in [-0.2, -0.15) is 0 Å². The van der Waals surface area contributed by atoms with E-state index in [1.165, 1.54) is 10.8 Å². The number of fused-ring (bicyclic) bond motifs is 4. The fourth-order valence-electron chi connectivity index (χ4n) is 6.66. The Bertz CT molecular complexity index is 1520. The molecular weight excluding hydrogens is 545 g/mol. The van der Waals surface area contributed by atoms with Crippen molar-refractivity contribution in [1.29, 1.82) is 0 Å². The minimum Gasteiger partial charge on any atom is -0.493 e. The molecule has 208 valence electrons. The highest BCUT2D eigenvalue weighted by Crippen LogP contribution is 2.55. The fourth-order valence-corrected chi connectivity index (χ4v) is 7.21. The first-order valence-corrected chi connectivity index (χ1v) is 15.2. The van der Waals surface area contributed by atoms with Crippen molar-refractivity contribution >= 4 is 34.0 Å². The number of aromatic nitrogens is 3.